The molecule has 118 valence electrons. The molecule has 4 nitrogen and oxygen atoms in total. The van der Waals surface area contributed by atoms with Gasteiger partial charge in [0.2, 0.25) is 5.89 Å². The van der Waals surface area contributed by atoms with Gasteiger partial charge in [0.15, 0.2) is 6.67 Å². The van der Waals surface area contributed by atoms with Crippen LogP contribution >= 0.6 is 12.2 Å². The van der Waals surface area contributed by atoms with E-state index in [0.29, 0.717) is 10.7 Å². The lowest BCUT2D eigenvalue weighted by atomic mass is 10.0. The molecule has 0 saturated carbocycles. The lowest BCUT2D eigenvalue weighted by molar-refractivity contribution is -0.953. The number of hydrogen-bond donors (Lipinski definition) is 1. The number of likely N-dealkylation sites (tertiary alicyclic amines) is 1. The number of aryl methyl sites for hydroxylation is 1. The number of benzene rings is 1. The van der Waals surface area contributed by atoms with E-state index < -0.39 is 0 Å². The molecule has 1 fully saturated rings. The smallest absolute Gasteiger partial charge is 0.292 e. The van der Waals surface area contributed by atoms with Gasteiger partial charge in [0.05, 0.1) is 12.6 Å². The first-order chi connectivity index (χ1) is 10.7. The summed E-state index contributed by atoms with van der Waals surface area (Å²) in [4.78, 5) is 2.05. The van der Waals surface area contributed by atoms with Crippen LogP contribution in [-0.2, 0) is 6.67 Å². The summed E-state index contributed by atoms with van der Waals surface area (Å²) < 4.78 is 7.56. The highest BCUT2D eigenvalue weighted by atomic mass is 32.1. The second kappa shape index (κ2) is 6.75. The van der Waals surface area contributed by atoms with Crippen LogP contribution < -0.4 is 4.90 Å². The van der Waals surface area contributed by atoms with Crippen molar-refractivity contribution in [3.05, 3.63) is 34.7 Å². The molecule has 2 heterocycles. The number of aromatic nitrogens is 2. The minimum Gasteiger partial charge on any atom is -0.409 e. The molecule has 1 N–H and O–H groups in total. The minimum absolute atomic E-state index is 0.475. The fourth-order valence-corrected chi connectivity index (χ4v) is 3.45. The zero-order chi connectivity index (χ0) is 15.5. The molecule has 1 aromatic carbocycles. The third-order valence-corrected chi connectivity index (χ3v) is 4.92. The summed E-state index contributed by atoms with van der Waals surface area (Å²) in [5.41, 5.74) is 2.21. The molecule has 1 aromatic heterocycles. The highest BCUT2D eigenvalue weighted by Gasteiger charge is 2.25. The van der Waals surface area contributed by atoms with Crippen LogP contribution in [0.4, 0.5) is 0 Å². The van der Waals surface area contributed by atoms with Crippen LogP contribution in [0.5, 0.6) is 0 Å². The van der Waals surface area contributed by atoms with Crippen LogP contribution in [0.2, 0.25) is 0 Å². The summed E-state index contributed by atoms with van der Waals surface area (Å²) in [6.45, 7) is 6.36. The topological polar surface area (TPSA) is 35.4 Å². The van der Waals surface area contributed by atoms with E-state index in [1.54, 1.807) is 4.90 Å². The highest BCUT2D eigenvalue weighted by molar-refractivity contribution is 7.71. The van der Waals surface area contributed by atoms with Crippen LogP contribution in [-0.4, -0.2) is 22.4 Å². The third kappa shape index (κ3) is 3.31. The second-order valence-electron chi connectivity index (χ2n) is 6.21. The fraction of sp³-hybridized carbons (Fsp3) is 0.529. The van der Waals surface area contributed by atoms with Crippen molar-refractivity contribution in [1.82, 2.24) is 9.78 Å². The van der Waals surface area contributed by atoms with E-state index in [9.17, 15) is 0 Å². The molecule has 2 atom stereocenters. The van der Waals surface area contributed by atoms with Gasteiger partial charge in [-0.3, -0.25) is 0 Å². The largest absolute Gasteiger partial charge is 0.409 e. The van der Waals surface area contributed by atoms with Gasteiger partial charge in [0.1, 0.15) is 0 Å². The quantitative estimate of drug-likeness (QED) is 0.880. The zero-order valence-electron chi connectivity index (χ0n) is 13.3. The molecule has 0 aliphatic carbocycles. The molecule has 1 saturated heterocycles. The molecule has 0 radical (unpaired) electrons. The van der Waals surface area contributed by atoms with Crippen LogP contribution in [0, 0.1) is 11.8 Å². The van der Waals surface area contributed by atoms with Gasteiger partial charge >= 0.3 is 0 Å². The number of piperidine rings is 1. The first-order valence-electron chi connectivity index (χ1n) is 8.17. The standard InChI is InChI=1S/C17H23N3OS/c1-3-15-6-4-5-11-19(15)12-20-17(22)21-16(18-20)14-9-7-13(2)8-10-14/h7-10,15H,3-6,11-12H2,1-2H3/p+1/t15-/m0/s1. The Kier molecular flexibility index (Phi) is 4.74. The Labute approximate surface area is 136 Å². The number of nitrogens with one attached hydrogen (secondary N) is 1. The van der Waals surface area contributed by atoms with Crippen molar-refractivity contribution >= 4 is 12.2 Å². The van der Waals surface area contributed by atoms with Crippen LogP contribution in [0.3, 0.4) is 0 Å². The summed E-state index contributed by atoms with van der Waals surface area (Å²) in [5.74, 6) is 0.620. The molecule has 2 aromatic rings. The van der Waals surface area contributed by atoms with Crippen LogP contribution in [0.15, 0.2) is 28.7 Å². The zero-order valence-corrected chi connectivity index (χ0v) is 14.2. The van der Waals surface area contributed by atoms with Crippen molar-refractivity contribution in [3.63, 3.8) is 0 Å². The number of hydrogen-bond acceptors (Lipinski definition) is 3. The van der Waals surface area contributed by atoms with Gasteiger partial charge in [0, 0.05) is 5.56 Å². The molecule has 1 aliphatic rings. The summed E-state index contributed by atoms with van der Waals surface area (Å²) in [6, 6.07) is 8.91. The van der Waals surface area contributed by atoms with E-state index in [2.05, 4.69) is 31.1 Å². The maximum Gasteiger partial charge on any atom is 0.292 e. The molecular weight excluding hydrogens is 294 g/mol. The van der Waals surface area contributed by atoms with Crippen LogP contribution in [0.25, 0.3) is 11.5 Å². The Bertz CT molecular complexity index is 674. The summed E-state index contributed by atoms with van der Waals surface area (Å²) in [7, 11) is 0. The molecule has 0 bridgehead atoms. The minimum atomic E-state index is 0.475. The molecular formula is C17H24N3OS+. The summed E-state index contributed by atoms with van der Waals surface area (Å²) >= 11 is 5.36. The summed E-state index contributed by atoms with van der Waals surface area (Å²) in [5, 5.41) is 4.60. The number of nitrogens with zero attached hydrogens (tertiary/aromatic N) is 2. The molecule has 5 heteroatoms. The van der Waals surface area contributed by atoms with E-state index in [1.807, 2.05) is 16.8 Å². The van der Waals surface area contributed by atoms with Gasteiger partial charge in [0.25, 0.3) is 4.84 Å². The van der Waals surface area contributed by atoms with E-state index >= 15 is 0 Å². The normalized spacial score (nSPS) is 21.9. The van der Waals surface area contributed by atoms with Crippen molar-refractivity contribution in [2.24, 2.45) is 0 Å². The van der Waals surface area contributed by atoms with Gasteiger partial charge in [-0.05, 0) is 57.0 Å². The van der Waals surface area contributed by atoms with E-state index in [1.165, 1.54) is 37.8 Å². The lowest BCUT2D eigenvalue weighted by Crippen LogP contribution is -3.15. The Morgan fingerprint density at radius 2 is 2.09 bits per heavy atom. The maximum absolute atomic E-state index is 5.70. The average Bonchev–Trinajstić information content (AvgIpc) is 2.89. The SMILES string of the molecule is CC[C@H]1CCCC[NH+]1Cn1nc(-c2ccc(C)cc2)oc1=S. The molecule has 1 aliphatic heterocycles. The van der Waals surface area contributed by atoms with E-state index in [0.717, 1.165) is 18.3 Å². The second-order valence-corrected chi connectivity index (χ2v) is 6.56. The number of rotatable bonds is 4. The first kappa shape index (κ1) is 15.4. The van der Waals surface area contributed by atoms with Crippen molar-refractivity contribution < 1.29 is 9.32 Å². The maximum atomic E-state index is 5.70. The van der Waals surface area contributed by atoms with Gasteiger partial charge in [-0.2, -0.15) is 4.68 Å². The predicted octanol–water partition coefficient (Wildman–Crippen LogP) is 2.99. The van der Waals surface area contributed by atoms with Gasteiger partial charge < -0.3 is 9.32 Å². The average molecular weight is 318 g/mol. The first-order valence-corrected chi connectivity index (χ1v) is 8.57. The van der Waals surface area contributed by atoms with Crippen molar-refractivity contribution in [2.45, 2.75) is 52.2 Å². The van der Waals surface area contributed by atoms with Crippen LogP contribution in [0.1, 0.15) is 38.2 Å². The van der Waals surface area contributed by atoms with E-state index in [-0.39, 0.29) is 0 Å². The third-order valence-electron chi connectivity index (χ3n) is 4.63. The highest BCUT2D eigenvalue weighted by Crippen LogP contribution is 2.18. The molecule has 3 rings (SSSR count). The Morgan fingerprint density at radius 1 is 1.32 bits per heavy atom. The predicted molar refractivity (Wildman–Crippen MR) is 89.3 cm³/mol. The molecule has 1 unspecified atom stereocenters. The lowest BCUT2D eigenvalue weighted by Gasteiger charge is -2.31. The van der Waals surface area contributed by atoms with Crippen molar-refractivity contribution in [3.8, 4) is 11.5 Å². The van der Waals surface area contributed by atoms with Gasteiger partial charge in [-0.25, -0.2) is 0 Å². The van der Waals surface area contributed by atoms with E-state index in [4.69, 9.17) is 16.6 Å². The monoisotopic (exact) mass is 318 g/mol. The van der Waals surface area contributed by atoms with Crippen molar-refractivity contribution in [1.29, 1.82) is 0 Å². The Balaban J connectivity index is 1.80. The molecule has 22 heavy (non-hydrogen) atoms. The summed E-state index contributed by atoms with van der Waals surface area (Å²) in [6.07, 6.45) is 5.16. The Hall–Kier alpha value is -1.46. The molecule has 0 amide bonds. The van der Waals surface area contributed by atoms with Gasteiger partial charge in [-0.1, -0.05) is 24.6 Å². The molecule has 0 spiro atoms. The number of quaternary nitrogens is 1. The Morgan fingerprint density at radius 3 is 2.82 bits per heavy atom. The van der Waals surface area contributed by atoms with Crippen molar-refractivity contribution in [2.75, 3.05) is 6.54 Å². The van der Waals surface area contributed by atoms with Gasteiger partial charge in [-0.15, -0.1) is 5.10 Å². The fourth-order valence-electron chi connectivity index (χ4n) is 3.26.